The highest BCUT2D eigenvalue weighted by atomic mass is 16.6. The van der Waals surface area contributed by atoms with Crippen molar-refractivity contribution in [2.75, 3.05) is 26.2 Å². The summed E-state index contributed by atoms with van der Waals surface area (Å²) in [5.74, 6) is 0. The fourth-order valence-electron chi connectivity index (χ4n) is 2.83. The van der Waals surface area contributed by atoms with E-state index in [4.69, 9.17) is 4.74 Å². The van der Waals surface area contributed by atoms with Crippen LogP contribution in [0.3, 0.4) is 0 Å². The third-order valence-electron chi connectivity index (χ3n) is 3.95. The number of amides is 1. The molecule has 5 heteroatoms. The van der Waals surface area contributed by atoms with Gasteiger partial charge in [0.1, 0.15) is 5.60 Å². The van der Waals surface area contributed by atoms with E-state index in [1.165, 1.54) is 5.56 Å². The van der Waals surface area contributed by atoms with E-state index in [-0.39, 0.29) is 18.7 Å². The zero-order valence-corrected chi connectivity index (χ0v) is 14.4. The molecule has 1 unspecified atom stereocenters. The molecule has 1 aromatic carbocycles. The first-order valence-electron chi connectivity index (χ1n) is 8.26. The van der Waals surface area contributed by atoms with Gasteiger partial charge in [-0.25, -0.2) is 4.79 Å². The Morgan fingerprint density at radius 1 is 1.26 bits per heavy atom. The Morgan fingerprint density at radius 3 is 2.57 bits per heavy atom. The number of nitrogens with zero attached hydrogens (tertiary/aromatic N) is 2. The van der Waals surface area contributed by atoms with Crippen LogP contribution in [0.5, 0.6) is 0 Å². The van der Waals surface area contributed by atoms with E-state index >= 15 is 0 Å². The molecule has 0 aliphatic carbocycles. The Morgan fingerprint density at radius 2 is 1.96 bits per heavy atom. The predicted octanol–water partition coefficient (Wildman–Crippen LogP) is 2.49. The average molecular weight is 320 g/mol. The number of carbonyl (C=O) groups excluding carboxylic acids is 1. The maximum atomic E-state index is 12.3. The summed E-state index contributed by atoms with van der Waals surface area (Å²) in [6.45, 7) is 8.64. The highest BCUT2D eigenvalue weighted by Crippen LogP contribution is 2.19. The molecule has 0 radical (unpaired) electrons. The lowest BCUT2D eigenvalue weighted by molar-refractivity contribution is -0.000865. The zero-order valence-electron chi connectivity index (χ0n) is 14.4. The van der Waals surface area contributed by atoms with Crippen molar-refractivity contribution >= 4 is 6.09 Å². The Balaban J connectivity index is 1.98. The summed E-state index contributed by atoms with van der Waals surface area (Å²) in [7, 11) is 0. The lowest BCUT2D eigenvalue weighted by Crippen LogP contribution is -2.55. The van der Waals surface area contributed by atoms with Crippen LogP contribution in [0, 0.1) is 0 Å². The van der Waals surface area contributed by atoms with Crippen LogP contribution in [-0.4, -0.2) is 58.9 Å². The number of piperazine rings is 1. The van der Waals surface area contributed by atoms with E-state index < -0.39 is 5.60 Å². The zero-order chi connectivity index (χ0) is 16.9. The fourth-order valence-corrected chi connectivity index (χ4v) is 2.83. The molecule has 1 amide bonds. The van der Waals surface area contributed by atoms with Crippen LogP contribution >= 0.6 is 0 Å². The van der Waals surface area contributed by atoms with Gasteiger partial charge in [-0.2, -0.15) is 0 Å². The molecule has 1 N–H and O–H groups in total. The third kappa shape index (κ3) is 5.52. The van der Waals surface area contributed by atoms with E-state index in [2.05, 4.69) is 17.0 Å². The average Bonchev–Trinajstić information content (AvgIpc) is 2.48. The molecule has 128 valence electrons. The van der Waals surface area contributed by atoms with Crippen molar-refractivity contribution in [2.24, 2.45) is 0 Å². The first kappa shape index (κ1) is 17.8. The third-order valence-corrected chi connectivity index (χ3v) is 3.95. The predicted molar refractivity (Wildman–Crippen MR) is 90.1 cm³/mol. The number of benzene rings is 1. The molecule has 1 atom stereocenters. The molecular weight excluding hydrogens is 292 g/mol. The molecular formula is C18H28N2O3. The number of ether oxygens (including phenoxy) is 1. The molecule has 0 aromatic heterocycles. The second kappa shape index (κ2) is 7.79. The van der Waals surface area contributed by atoms with Crippen LogP contribution in [-0.2, 0) is 11.3 Å². The summed E-state index contributed by atoms with van der Waals surface area (Å²) in [5, 5.41) is 9.35. The number of aliphatic hydroxyl groups excluding tert-OH is 1. The van der Waals surface area contributed by atoms with Gasteiger partial charge in [-0.3, -0.25) is 4.90 Å². The minimum absolute atomic E-state index is 0.123. The maximum Gasteiger partial charge on any atom is 0.410 e. The molecule has 0 saturated carbocycles. The van der Waals surface area contributed by atoms with Crippen LogP contribution in [0.1, 0.15) is 32.8 Å². The van der Waals surface area contributed by atoms with Crippen LogP contribution in [0.4, 0.5) is 4.79 Å². The van der Waals surface area contributed by atoms with Crippen molar-refractivity contribution in [1.82, 2.24) is 9.80 Å². The van der Waals surface area contributed by atoms with Gasteiger partial charge < -0.3 is 14.7 Å². The number of carbonyl (C=O) groups is 1. The summed E-state index contributed by atoms with van der Waals surface area (Å²) < 4.78 is 5.46. The lowest BCUT2D eigenvalue weighted by atomic mass is 10.1. The van der Waals surface area contributed by atoms with Gasteiger partial charge in [0.2, 0.25) is 0 Å². The van der Waals surface area contributed by atoms with Gasteiger partial charge in [0, 0.05) is 38.8 Å². The maximum absolute atomic E-state index is 12.3. The SMILES string of the molecule is CC(C)(C)OC(=O)N1CCN(Cc2ccccc2)C(CCO)C1. The Bertz CT molecular complexity index is 499. The Labute approximate surface area is 138 Å². The second-order valence-electron chi connectivity index (χ2n) is 7.05. The summed E-state index contributed by atoms with van der Waals surface area (Å²) in [4.78, 5) is 16.3. The van der Waals surface area contributed by atoms with Crippen LogP contribution < -0.4 is 0 Å². The Kier molecular flexibility index (Phi) is 6.02. The quantitative estimate of drug-likeness (QED) is 0.926. The number of rotatable bonds is 4. The van der Waals surface area contributed by atoms with Crippen molar-refractivity contribution < 1.29 is 14.6 Å². The van der Waals surface area contributed by atoms with Gasteiger partial charge in [-0.05, 0) is 32.8 Å². The molecule has 1 aliphatic heterocycles. The fraction of sp³-hybridized carbons (Fsp3) is 0.611. The number of hydrogen-bond acceptors (Lipinski definition) is 4. The summed E-state index contributed by atoms with van der Waals surface area (Å²) in [6, 6.07) is 10.4. The molecule has 5 nitrogen and oxygen atoms in total. The van der Waals surface area contributed by atoms with Gasteiger partial charge >= 0.3 is 6.09 Å². The van der Waals surface area contributed by atoms with Crippen molar-refractivity contribution in [3.8, 4) is 0 Å². The molecule has 0 spiro atoms. The van der Waals surface area contributed by atoms with Gasteiger partial charge in [-0.15, -0.1) is 0 Å². The van der Waals surface area contributed by atoms with Crippen LogP contribution in [0.2, 0.25) is 0 Å². The minimum Gasteiger partial charge on any atom is -0.444 e. The monoisotopic (exact) mass is 320 g/mol. The highest BCUT2D eigenvalue weighted by Gasteiger charge is 2.31. The standard InChI is InChI=1S/C18H28N2O3/c1-18(2,3)23-17(22)20-11-10-19(16(14-20)9-12-21)13-15-7-5-4-6-8-15/h4-8,16,21H,9-14H2,1-3H3. The first-order chi connectivity index (χ1) is 10.9. The molecule has 23 heavy (non-hydrogen) atoms. The molecule has 1 aliphatic rings. The van der Waals surface area contributed by atoms with E-state index in [0.717, 1.165) is 13.1 Å². The Hall–Kier alpha value is -1.59. The number of aliphatic hydroxyl groups is 1. The number of hydrogen-bond donors (Lipinski definition) is 1. The molecule has 0 bridgehead atoms. The van der Waals surface area contributed by atoms with Crippen molar-refractivity contribution in [1.29, 1.82) is 0 Å². The van der Waals surface area contributed by atoms with Gasteiger partial charge in [0.25, 0.3) is 0 Å². The molecule has 1 saturated heterocycles. The second-order valence-corrected chi connectivity index (χ2v) is 7.05. The molecule has 2 rings (SSSR count). The normalized spacial score (nSPS) is 19.7. The highest BCUT2D eigenvalue weighted by molar-refractivity contribution is 5.68. The van der Waals surface area contributed by atoms with Crippen LogP contribution in [0.15, 0.2) is 30.3 Å². The van der Waals surface area contributed by atoms with Crippen molar-refractivity contribution in [2.45, 2.75) is 45.4 Å². The van der Waals surface area contributed by atoms with Crippen LogP contribution in [0.25, 0.3) is 0 Å². The smallest absolute Gasteiger partial charge is 0.410 e. The van der Waals surface area contributed by atoms with Gasteiger partial charge in [0.15, 0.2) is 0 Å². The van der Waals surface area contributed by atoms with E-state index in [1.807, 2.05) is 39.0 Å². The minimum atomic E-state index is -0.481. The van der Waals surface area contributed by atoms with E-state index in [1.54, 1.807) is 4.90 Å². The van der Waals surface area contributed by atoms with Crippen molar-refractivity contribution in [3.63, 3.8) is 0 Å². The lowest BCUT2D eigenvalue weighted by Gasteiger charge is -2.41. The summed E-state index contributed by atoms with van der Waals surface area (Å²) >= 11 is 0. The first-order valence-corrected chi connectivity index (χ1v) is 8.26. The largest absolute Gasteiger partial charge is 0.444 e. The molecule has 1 aromatic rings. The molecule has 1 heterocycles. The van der Waals surface area contributed by atoms with E-state index in [0.29, 0.717) is 19.5 Å². The van der Waals surface area contributed by atoms with Crippen molar-refractivity contribution in [3.05, 3.63) is 35.9 Å². The summed E-state index contributed by atoms with van der Waals surface area (Å²) in [6.07, 6.45) is 0.395. The molecule has 1 fully saturated rings. The van der Waals surface area contributed by atoms with E-state index in [9.17, 15) is 9.90 Å². The van der Waals surface area contributed by atoms with Gasteiger partial charge in [0.05, 0.1) is 0 Å². The van der Waals surface area contributed by atoms with Gasteiger partial charge in [-0.1, -0.05) is 30.3 Å². The summed E-state index contributed by atoms with van der Waals surface area (Å²) in [5.41, 5.74) is 0.770. The topological polar surface area (TPSA) is 53.0 Å².